The third-order valence-electron chi connectivity index (χ3n) is 4.96. The van der Waals surface area contributed by atoms with Crippen LogP contribution in [0.2, 0.25) is 0 Å². The van der Waals surface area contributed by atoms with Gasteiger partial charge < -0.3 is 0 Å². The predicted molar refractivity (Wildman–Crippen MR) is 111 cm³/mol. The molecule has 0 saturated carbocycles. The van der Waals surface area contributed by atoms with E-state index >= 15 is 0 Å². The second kappa shape index (κ2) is 8.14. The third-order valence-corrected chi connectivity index (χ3v) is 4.96. The Balaban J connectivity index is 1.89. The highest BCUT2D eigenvalue weighted by molar-refractivity contribution is 5.73. The smallest absolute Gasteiger partial charge is 0.131 e. The minimum Gasteiger partial charge on any atom is -0.206 e. The number of aryl methyl sites for hydroxylation is 1. The van der Waals surface area contributed by atoms with Crippen molar-refractivity contribution in [3.8, 4) is 22.3 Å². The van der Waals surface area contributed by atoms with Gasteiger partial charge in [0.15, 0.2) is 0 Å². The summed E-state index contributed by atoms with van der Waals surface area (Å²) in [4.78, 5) is 0. The second-order valence-corrected chi connectivity index (χ2v) is 6.49. The largest absolute Gasteiger partial charge is 0.206 e. The van der Waals surface area contributed by atoms with Gasteiger partial charge in [-0.15, -0.1) is 0 Å². The third kappa shape index (κ3) is 3.77. The molecule has 0 spiro atoms. The van der Waals surface area contributed by atoms with Crippen LogP contribution in [0, 0.1) is 5.82 Å². The van der Waals surface area contributed by atoms with Crippen LogP contribution in [0.4, 0.5) is 4.39 Å². The molecule has 0 radical (unpaired) electrons. The van der Waals surface area contributed by atoms with E-state index in [1.165, 1.54) is 16.7 Å². The van der Waals surface area contributed by atoms with E-state index in [1.54, 1.807) is 6.07 Å². The Morgan fingerprint density at radius 1 is 0.808 bits per heavy atom. The highest BCUT2D eigenvalue weighted by Gasteiger charge is 2.08. The first-order valence-electron chi connectivity index (χ1n) is 9.31. The molecule has 26 heavy (non-hydrogen) atoms. The summed E-state index contributed by atoms with van der Waals surface area (Å²) in [6.07, 6.45) is 4.15. The molecular weight excluding hydrogens is 319 g/mol. The molecule has 3 aromatic carbocycles. The van der Waals surface area contributed by atoms with Crippen LogP contribution in [0.1, 0.15) is 38.3 Å². The lowest BCUT2D eigenvalue weighted by Gasteiger charge is -2.09. The van der Waals surface area contributed by atoms with Crippen LogP contribution in [-0.4, -0.2) is 0 Å². The zero-order chi connectivity index (χ0) is 18.5. The molecule has 0 aliphatic heterocycles. The minimum absolute atomic E-state index is 0.182. The Morgan fingerprint density at radius 3 is 1.96 bits per heavy atom. The van der Waals surface area contributed by atoms with Crippen molar-refractivity contribution in [2.45, 2.75) is 33.6 Å². The van der Waals surface area contributed by atoms with Gasteiger partial charge in [0.05, 0.1) is 0 Å². The van der Waals surface area contributed by atoms with Gasteiger partial charge in [0, 0.05) is 5.56 Å². The van der Waals surface area contributed by atoms with Crippen LogP contribution >= 0.6 is 0 Å². The molecule has 0 fully saturated rings. The van der Waals surface area contributed by atoms with Crippen LogP contribution in [0.25, 0.3) is 27.8 Å². The van der Waals surface area contributed by atoms with Crippen molar-refractivity contribution in [2.75, 3.05) is 0 Å². The van der Waals surface area contributed by atoms with Crippen molar-refractivity contribution in [2.24, 2.45) is 0 Å². The Labute approximate surface area is 156 Å². The Morgan fingerprint density at radius 2 is 1.42 bits per heavy atom. The summed E-state index contributed by atoms with van der Waals surface area (Å²) in [5.74, 6) is -0.182. The first kappa shape index (κ1) is 18.1. The van der Waals surface area contributed by atoms with Crippen LogP contribution in [0.15, 0.2) is 72.8 Å². The van der Waals surface area contributed by atoms with Crippen LogP contribution in [0.3, 0.4) is 0 Å². The van der Waals surface area contributed by atoms with Gasteiger partial charge in [-0.1, -0.05) is 80.6 Å². The molecule has 0 atom stereocenters. The van der Waals surface area contributed by atoms with E-state index < -0.39 is 0 Å². The van der Waals surface area contributed by atoms with E-state index in [4.69, 9.17) is 0 Å². The molecule has 0 unspecified atom stereocenters. The molecule has 0 heterocycles. The molecule has 0 N–H and O–H groups in total. The molecule has 1 heteroatoms. The molecule has 132 valence electrons. The summed E-state index contributed by atoms with van der Waals surface area (Å²) in [6, 6.07) is 22.0. The van der Waals surface area contributed by atoms with Crippen molar-refractivity contribution < 1.29 is 4.39 Å². The maximum atomic E-state index is 14.7. The molecule has 3 rings (SSSR count). The molecule has 3 aromatic rings. The molecule has 0 aliphatic rings. The van der Waals surface area contributed by atoms with Gasteiger partial charge in [-0.25, -0.2) is 4.39 Å². The Bertz CT molecular complexity index is 900. The number of allylic oxidation sites excluding steroid dienone is 2. The monoisotopic (exact) mass is 344 g/mol. The van der Waals surface area contributed by atoms with E-state index in [9.17, 15) is 4.39 Å². The maximum absolute atomic E-state index is 14.7. The molecule has 0 amide bonds. The van der Waals surface area contributed by atoms with Crippen molar-refractivity contribution in [1.82, 2.24) is 0 Å². The van der Waals surface area contributed by atoms with E-state index in [0.717, 1.165) is 29.5 Å². The van der Waals surface area contributed by atoms with Crippen molar-refractivity contribution in [3.05, 3.63) is 89.8 Å². The standard InChI is InChI=1S/C25H25F/c1-4-18-7-9-22(10-8-18)24-16-15-23(17-25(24)26)21-13-11-20(12-14-21)19(5-2)6-3/h5,7-17H,4,6H2,1-3H3/b19-5+. The zero-order valence-electron chi connectivity index (χ0n) is 15.7. The number of hydrogen-bond acceptors (Lipinski definition) is 0. The first-order chi connectivity index (χ1) is 12.7. The topological polar surface area (TPSA) is 0 Å². The van der Waals surface area contributed by atoms with Gasteiger partial charge in [0.25, 0.3) is 0 Å². The van der Waals surface area contributed by atoms with Gasteiger partial charge in [-0.05, 0) is 59.2 Å². The lowest BCUT2D eigenvalue weighted by molar-refractivity contribution is 0.632. The number of hydrogen-bond donors (Lipinski definition) is 0. The van der Waals surface area contributed by atoms with Crippen LogP contribution in [-0.2, 0) is 6.42 Å². The van der Waals surface area contributed by atoms with Gasteiger partial charge in [0.2, 0.25) is 0 Å². The molecular formula is C25H25F. The molecule has 0 aromatic heterocycles. The van der Waals surface area contributed by atoms with Crippen LogP contribution in [0.5, 0.6) is 0 Å². The molecule has 0 bridgehead atoms. The number of benzene rings is 3. The van der Waals surface area contributed by atoms with Gasteiger partial charge in [-0.3, -0.25) is 0 Å². The summed E-state index contributed by atoms with van der Waals surface area (Å²) in [6.45, 7) is 6.34. The van der Waals surface area contributed by atoms with E-state index in [1.807, 2.05) is 24.3 Å². The van der Waals surface area contributed by atoms with Gasteiger partial charge in [-0.2, -0.15) is 0 Å². The second-order valence-electron chi connectivity index (χ2n) is 6.49. The number of halogens is 1. The summed E-state index contributed by atoms with van der Waals surface area (Å²) >= 11 is 0. The quantitative estimate of drug-likeness (QED) is 0.448. The summed E-state index contributed by atoms with van der Waals surface area (Å²) < 4.78 is 14.7. The average molecular weight is 344 g/mol. The van der Waals surface area contributed by atoms with Gasteiger partial charge >= 0.3 is 0 Å². The van der Waals surface area contributed by atoms with Crippen molar-refractivity contribution in [3.63, 3.8) is 0 Å². The average Bonchev–Trinajstić information content (AvgIpc) is 2.69. The maximum Gasteiger partial charge on any atom is 0.131 e. The van der Waals surface area contributed by atoms with Crippen LogP contribution < -0.4 is 0 Å². The van der Waals surface area contributed by atoms with E-state index in [0.29, 0.717) is 5.56 Å². The fraction of sp³-hybridized carbons (Fsp3) is 0.200. The lowest BCUT2D eigenvalue weighted by Crippen LogP contribution is -1.88. The van der Waals surface area contributed by atoms with E-state index in [-0.39, 0.29) is 5.82 Å². The zero-order valence-corrected chi connectivity index (χ0v) is 15.7. The fourth-order valence-corrected chi connectivity index (χ4v) is 3.30. The Hall–Kier alpha value is -2.67. The highest BCUT2D eigenvalue weighted by Crippen LogP contribution is 2.29. The van der Waals surface area contributed by atoms with E-state index in [2.05, 4.69) is 63.2 Å². The lowest BCUT2D eigenvalue weighted by atomic mass is 9.96. The summed E-state index contributed by atoms with van der Waals surface area (Å²) in [5.41, 5.74) is 7.32. The molecule has 0 aliphatic carbocycles. The molecule has 0 saturated heterocycles. The van der Waals surface area contributed by atoms with Gasteiger partial charge in [0.1, 0.15) is 5.82 Å². The highest BCUT2D eigenvalue weighted by atomic mass is 19.1. The predicted octanol–water partition coefficient (Wildman–Crippen LogP) is 7.54. The van der Waals surface area contributed by atoms with Crippen molar-refractivity contribution >= 4 is 5.57 Å². The van der Waals surface area contributed by atoms with Crippen molar-refractivity contribution in [1.29, 1.82) is 0 Å². The minimum atomic E-state index is -0.182. The SMILES string of the molecule is C/C=C(\CC)c1ccc(-c2ccc(-c3ccc(CC)cc3)c(F)c2)cc1. The Kier molecular flexibility index (Phi) is 5.68. The first-order valence-corrected chi connectivity index (χ1v) is 9.31. The molecule has 0 nitrogen and oxygen atoms in total. The normalized spacial score (nSPS) is 11.6. The summed E-state index contributed by atoms with van der Waals surface area (Å²) in [7, 11) is 0. The number of rotatable bonds is 5. The fourth-order valence-electron chi connectivity index (χ4n) is 3.30. The summed E-state index contributed by atoms with van der Waals surface area (Å²) in [5, 5.41) is 0.